The third-order valence-corrected chi connectivity index (χ3v) is 8.05. The molecule has 2 aliphatic rings. The van der Waals surface area contributed by atoms with E-state index in [0.717, 1.165) is 9.80 Å². The van der Waals surface area contributed by atoms with Gasteiger partial charge in [-0.3, -0.25) is 19.4 Å². The van der Waals surface area contributed by atoms with Gasteiger partial charge < -0.3 is 31.5 Å². The zero-order chi connectivity index (χ0) is 33.8. The Morgan fingerprint density at radius 2 is 1.04 bits per heavy atom. The summed E-state index contributed by atoms with van der Waals surface area (Å²) in [6, 6.07) is 12.9. The van der Waals surface area contributed by atoms with Crippen LogP contribution in [0.5, 0.6) is 0 Å². The van der Waals surface area contributed by atoms with Crippen LogP contribution in [0.15, 0.2) is 60.7 Å². The van der Waals surface area contributed by atoms with E-state index in [-0.39, 0.29) is 24.7 Å². The van der Waals surface area contributed by atoms with Crippen molar-refractivity contribution in [1.29, 1.82) is 0 Å². The van der Waals surface area contributed by atoms with Crippen molar-refractivity contribution < 1.29 is 39.0 Å². The van der Waals surface area contributed by atoms with Crippen molar-refractivity contribution in [2.24, 2.45) is 11.8 Å². The Kier molecular flexibility index (Phi) is 9.88. The van der Waals surface area contributed by atoms with E-state index < -0.39 is 72.3 Å². The van der Waals surface area contributed by atoms with Crippen LogP contribution in [0, 0.1) is 11.8 Å². The predicted molar refractivity (Wildman–Crippen MR) is 165 cm³/mol. The maximum atomic E-state index is 14.0. The van der Waals surface area contributed by atoms with Crippen molar-refractivity contribution in [2.45, 2.75) is 63.9 Å². The number of rotatable bonds is 14. The summed E-state index contributed by atoms with van der Waals surface area (Å²) in [4.78, 5) is 81.0. The summed E-state index contributed by atoms with van der Waals surface area (Å²) in [6.45, 7) is 5.87. The average Bonchev–Trinajstić information content (AvgIpc) is 3.37. The van der Waals surface area contributed by atoms with Crippen LogP contribution >= 0.6 is 0 Å². The van der Waals surface area contributed by atoms with Gasteiger partial charge in [0, 0.05) is 11.1 Å². The van der Waals surface area contributed by atoms with Gasteiger partial charge in [0.1, 0.15) is 25.2 Å². The van der Waals surface area contributed by atoms with Gasteiger partial charge in [0.25, 0.3) is 0 Å². The molecule has 14 heteroatoms. The highest BCUT2D eigenvalue weighted by atomic mass is 16.4. The van der Waals surface area contributed by atoms with E-state index in [0.29, 0.717) is 11.1 Å². The second-order valence-electron chi connectivity index (χ2n) is 12.4. The number of aliphatic carboxylic acids is 2. The van der Waals surface area contributed by atoms with Crippen LogP contribution in [-0.2, 0) is 30.5 Å². The average molecular weight is 637 g/mol. The minimum absolute atomic E-state index is 0.0612. The monoisotopic (exact) mass is 636 g/mol. The molecule has 0 radical (unpaired) electrons. The molecule has 2 aromatic rings. The first-order valence-electron chi connectivity index (χ1n) is 15.1. The quantitative estimate of drug-likeness (QED) is 0.181. The summed E-state index contributed by atoms with van der Waals surface area (Å²) in [6.07, 6.45) is 0.275. The first-order chi connectivity index (χ1) is 21.7. The van der Waals surface area contributed by atoms with Gasteiger partial charge in [0.2, 0.25) is 11.8 Å². The van der Waals surface area contributed by atoms with Crippen LogP contribution in [0.2, 0.25) is 0 Å². The Morgan fingerprint density at radius 1 is 0.674 bits per heavy atom. The Hall–Kier alpha value is -5.14. The fraction of sp³-hybridized carbons (Fsp3) is 0.438. The van der Waals surface area contributed by atoms with E-state index in [2.05, 4.69) is 21.3 Å². The summed E-state index contributed by atoms with van der Waals surface area (Å²) in [7, 11) is 0. The number of carboxylic acids is 2. The number of benzene rings is 2. The van der Waals surface area contributed by atoms with Crippen LogP contribution in [0.25, 0.3) is 0 Å². The van der Waals surface area contributed by atoms with Crippen LogP contribution in [0.3, 0.4) is 0 Å². The second-order valence-corrected chi connectivity index (χ2v) is 12.4. The summed E-state index contributed by atoms with van der Waals surface area (Å²) in [5.41, 5.74) is -2.85. The fourth-order valence-electron chi connectivity index (χ4n) is 6.26. The van der Waals surface area contributed by atoms with Crippen LogP contribution in [0.4, 0.5) is 9.59 Å². The molecule has 2 aromatic carbocycles. The topological polar surface area (TPSA) is 197 Å². The van der Waals surface area contributed by atoms with Gasteiger partial charge in [0.05, 0.1) is 0 Å². The number of nitrogens with zero attached hydrogens (tertiary/aromatic N) is 2. The van der Waals surface area contributed by atoms with Crippen molar-refractivity contribution in [1.82, 2.24) is 31.1 Å². The predicted octanol–water partition coefficient (Wildman–Crippen LogP) is 1.97. The molecule has 2 aliphatic heterocycles. The number of urea groups is 2. The van der Waals surface area contributed by atoms with E-state index >= 15 is 0 Å². The normalized spacial score (nSPS) is 21.8. The van der Waals surface area contributed by atoms with Gasteiger partial charge in [-0.25, -0.2) is 19.2 Å². The molecule has 2 atom stereocenters. The molecule has 2 saturated heterocycles. The molecule has 6 N–H and O–H groups in total. The zero-order valence-electron chi connectivity index (χ0n) is 26.1. The highest BCUT2D eigenvalue weighted by Crippen LogP contribution is 2.53. The van der Waals surface area contributed by atoms with E-state index in [4.69, 9.17) is 0 Å². The highest BCUT2D eigenvalue weighted by molar-refractivity contribution is 5.95. The van der Waals surface area contributed by atoms with Gasteiger partial charge in [-0.1, -0.05) is 88.4 Å². The second kappa shape index (κ2) is 13.5. The number of hydrogen-bond acceptors (Lipinski definition) is 6. The third-order valence-electron chi connectivity index (χ3n) is 8.05. The maximum absolute atomic E-state index is 14.0. The smallest absolute Gasteiger partial charge is 0.326 e. The fourth-order valence-corrected chi connectivity index (χ4v) is 6.26. The molecule has 0 aliphatic carbocycles. The van der Waals surface area contributed by atoms with Gasteiger partial charge in [-0.05, 0) is 24.7 Å². The molecule has 6 amide bonds. The molecule has 0 aromatic heterocycles. The number of fused-ring (bicyclic) bond motifs is 1. The van der Waals surface area contributed by atoms with Gasteiger partial charge in [0.15, 0.2) is 11.3 Å². The number of carboxylic acid groups (broad SMARTS) is 2. The number of hydrogen-bond donors (Lipinski definition) is 6. The SMILES string of the molecule is CC(C)CC(NC(=O)CN1C(=O)NC2(c3ccccc3)NC(=O)N(CC(=O)NC(CC(C)C)C(=O)O)C12c1ccccc1)C(=O)O. The van der Waals surface area contributed by atoms with E-state index in [1.807, 2.05) is 27.7 Å². The minimum Gasteiger partial charge on any atom is -0.480 e. The van der Waals surface area contributed by atoms with E-state index in [9.17, 15) is 39.0 Å². The highest BCUT2D eigenvalue weighted by Gasteiger charge is 2.74. The molecule has 14 nitrogen and oxygen atoms in total. The summed E-state index contributed by atoms with van der Waals surface area (Å²) in [5.74, 6) is -4.20. The lowest BCUT2D eigenvalue weighted by Gasteiger charge is -2.46. The lowest BCUT2D eigenvalue weighted by molar-refractivity contribution is -0.143. The molecule has 0 bridgehead atoms. The third kappa shape index (κ3) is 6.32. The molecule has 0 spiro atoms. The molecular formula is C32H40N6O8. The summed E-state index contributed by atoms with van der Waals surface area (Å²) in [5, 5.41) is 30.2. The maximum Gasteiger partial charge on any atom is 0.326 e. The molecule has 2 unspecified atom stereocenters. The number of nitrogens with one attached hydrogen (secondary N) is 4. The Balaban J connectivity index is 1.86. The number of carbonyl (C=O) groups is 6. The van der Waals surface area contributed by atoms with E-state index in [1.165, 1.54) is 0 Å². The summed E-state index contributed by atoms with van der Waals surface area (Å²) < 4.78 is 0. The Bertz CT molecular complexity index is 1420. The van der Waals surface area contributed by atoms with Gasteiger partial charge >= 0.3 is 24.0 Å². The van der Waals surface area contributed by atoms with Gasteiger partial charge in [-0.2, -0.15) is 0 Å². The van der Waals surface area contributed by atoms with Crippen LogP contribution in [-0.4, -0.2) is 81.0 Å². The molecule has 0 saturated carbocycles. The standard InChI is InChI=1S/C32H40N6O8/c1-19(2)15-23(27(41)42)33-25(39)17-37-29(45)35-31(21-11-7-5-8-12-21)32(37,22-13-9-6-10-14-22)38(30(46)36-31)18-26(40)34-24(28(43)44)16-20(3)4/h5-14,19-20,23-24H,15-18H2,1-4H3,(H,33,39)(H,34,40)(H,35,45)(H,36,46)(H,41,42)(H,43,44). The Morgan fingerprint density at radius 3 is 1.39 bits per heavy atom. The van der Waals surface area contributed by atoms with Crippen LogP contribution < -0.4 is 21.3 Å². The largest absolute Gasteiger partial charge is 0.480 e. The van der Waals surface area contributed by atoms with Crippen molar-refractivity contribution in [3.8, 4) is 0 Å². The zero-order valence-corrected chi connectivity index (χ0v) is 26.1. The van der Waals surface area contributed by atoms with Gasteiger partial charge in [-0.15, -0.1) is 0 Å². The number of amides is 6. The molecule has 2 fully saturated rings. The van der Waals surface area contributed by atoms with E-state index in [1.54, 1.807) is 60.7 Å². The summed E-state index contributed by atoms with van der Waals surface area (Å²) >= 11 is 0. The number of carbonyl (C=O) groups excluding carboxylic acids is 4. The molecule has 46 heavy (non-hydrogen) atoms. The lowest BCUT2D eigenvalue weighted by atomic mass is 9.81. The first-order valence-corrected chi connectivity index (χ1v) is 15.1. The van der Waals surface area contributed by atoms with Crippen molar-refractivity contribution in [3.63, 3.8) is 0 Å². The van der Waals surface area contributed by atoms with Crippen molar-refractivity contribution in [2.75, 3.05) is 13.1 Å². The lowest BCUT2D eigenvalue weighted by Crippen LogP contribution is -2.65. The molecular weight excluding hydrogens is 596 g/mol. The Labute approximate surface area is 266 Å². The van der Waals surface area contributed by atoms with Crippen LogP contribution in [0.1, 0.15) is 51.7 Å². The first kappa shape index (κ1) is 33.7. The van der Waals surface area contributed by atoms with Crippen molar-refractivity contribution >= 4 is 35.8 Å². The minimum atomic E-state index is -1.90. The molecule has 2 heterocycles. The molecule has 4 rings (SSSR count). The van der Waals surface area contributed by atoms with Crippen molar-refractivity contribution in [3.05, 3.63) is 71.8 Å². The molecule has 246 valence electrons.